The third-order valence-electron chi connectivity index (χ3n) is 2.26. The standard InChI is InChI=1S/C11H7ClN4/c12-11-13-5-4-9(14-11)10-7-8-3-1-2-6-16(8)15-10/h1-7H. The van der Waals surface area contributed by atoms with Crippen LogP contribution in [0.15, 0.2) is 42.7 Å². The summed E-state index contributed by atoms with van der Waals surface area (Å²) in [7, 11) is 0. The molecule has 0 saturated heterocycles. The summed E-state index contributed by atoms with van der Waals surface area (Å²) in [6.45, 7) is 0. The zero-order valence-corrected chi connectivity index (χ0v) is 8.96. The Balaban J connectivity index is 2.19. The van der Waals surface area contributed by atoms with Gasteiger partial charge < -0.3 is 0 Å². The minimum Gasteiger partial charge on any atom is -0.240 e. The molecule has 0 amide bonds. The highest BCUT2D eigenvalue weighted by atomic mass is 35.5. The lowest BCUT2D eigenvalue weighted by Crippen LogP contribution is -1.88. The summed E-state index contributed by atoms with van der Waals surface area (Å²) < 4.78 is 1.80. The summed E-state index contributed by atoms with van der Waals surface area (Å²) in [5, 5.41) is 4.62. The average molecular weight is 231 g/mol. The number of fused-ring (bicyclic) bond motifs is 1. The monoisotopic (exact) mass is 230 g/mol. The molecule has 3 rings (SSSR count). The number of pyridine rings is 1. The van der Waals surface area contributed by atoms with Gasteiger partial charge in [0, 0.05) is 12.4 Å². The Morgan fingerprint density at radius 2 is 2.06 bits per heavy atom. The molecule has 0 spiro atoms. The summed E-state index contributed by atoms with van der Waals surface area (Å²) in [4.78, 5) is 7.96. The maximum Gasteiger partial charge on any atom is 0.222 e. The van der Waals surface area contributed by atoms with Crippen molar-refractivity contribution in [1.82, 2.24) is 19.6 Å². The van der Waals surface area contributed by atoms with E-state index >= 15 is 0 Å². The van der Waals surface area contributed by atoms with Crippen molar-refractivity contribution in [2.75, 3.05) is 0 Å². The molecular weight excluding hydrogens is 224 g/mol. The largest absolute Gasteiger partial charge is 0.240 e. The van der Waals surface area contributed by atoms with E-state index < -0.39 is 0 Å². The van der Waals surface area contributed by atoms with E-state index in [1.165, 1.54) is 0 Å². The van der Waals surface area contributed by atoms with Gasteiger partial charge in [0.05, 0.1) is 11.2 Å². The molecule has 0 fully saturated rings. The molecule has 78 valence electrons. The van der Waals surface area contributed by atoms with Crippen molar-refractivity contribution >= 4 is 17.1 Å². The molecule has 3 heterocycles. The van der Waals surface area contributed by atoms with Gasteiger partial charge in [0.15, 0.2) is 0 Å². The van der Waals surface area contributed by atoms with E-state index in [0.717, 1.165) is 16.9 Å². The Labute approximate surface area is 96.5 Å². The van der Waals surface area contributed by atoms with Gasteiger partial charge in [0.1, 0.15) is 5.69 Å². The second-order valence-corrected chi connectivity index (χ2v) is 3.65. The number of hydrogen-bond acceptors (Lipinski definition) is 3. The third-order valence-corrected chi connectivity index (χ3v) is 2.44. The Morgan fingerprint density at radius 3 is 2.88 bits per heavy atom. The number of halogens is 1. The first-order chi connectivity index (χ1) is 7.83. The first kappa shape index (κ1) is 9.30. The van der Waals surface area contributed by atoms with Gasteiger partial charge >= 0.3 is 0 Å². The summed E-state index contributed by atoms with van der Waals surface area (Å²) >= 11 is 5.74. The van der Waals surface area contributed by atoms with E-state index in [1.54, 1.807) is 16.8 Å². The first-order valence-corrected chi connectivity index (χ1v) is 5.14. The molecule has 0 atom stereocenters. The molecule has 3 aromatic heterocycles. The molecule has 16 heavy (non-hydrogen) atoms. The van der Waals surface area contributed by atoms with Gasteiger partial charge in [-0.25, -0.2) is 14.5 Å². The molecule has 0 aliphatic carbocycles. The Kier molecular flexibility index (Phi) is 2.08. The Bertz CT molecular complexity index is 614. The molecule has 0 unspecified atom stereocenters. The number of rotatable bonds is 1. The minimum absolute atomic E-state index is 0.231. The Hall–Kier alpha value is -1.94. The Morgan fingerprint density at radius 1 is 1.12 bits per heavy atom. The van der Waals surface area contributed by atoms with Crippen LogP contribution < -0.4 is 0 Å². The van der Waals surface area contributed by atoms with Crippen LogP contribution >= 0.6 is 11.6 Å². The van der Waals surface area contributed by atoms with Crippen molar-refractivity contribution in [3.05, 3.63) is 48.0 Å². The van der Waals surface area contributed by atoms with Gasteiger partial charge in [-0.3, -0.25) is 0 Å². The molecule has 3 aromatic rings. The van der Waals surface area contributed by atoms with Gasteiger partial charge in [-0.2, -0.15) is 5.10 Å². The van der Waals surface area contributed by atoms with Crippen LogP contribution in [-0.2, 0) is 0 Å². The van der Waals surface area contributed by atoms with Crippen LogP contribution in [0.5, 0.6) is 0 Å². The SMILES string of the molecule is Clc1nccc(-c2cc3ccccn3n2)n1. The molecule has 0 aliphatic rings. The average Bonchev–Trinajstić information content (AvgIpc) is 2.72. The normalized spacial score (nSPS) is 10.8. The number of hydrogen-bond donors (Lipinski definition) is 0. The zero-order valence-electron chi connectivity index (χ0n) is 8.21. The van der Waals surface area contributed by atoms with Gasteiger partial charge in [0.25, 0.3) is 0 Å². The van der Waals surface area contributed by atoms with E-state index in [9.17, 15) is 0 Å². The molecule has 0 aromatic carbocycles. The smallest absolute Gasteiger partial charge is 0.222 e. The van der Waals surface area contributed by atoms with Crippen LogP contribution in [0, 0.1) is 0 Å². The van der Waals surface area contributed by atoms with E-state index in [1.807, 2.05) is 30.5 Å². The summed E-state index contributed by atoms with van der Waals surface area (Å²) in [6, 6.07) is 9.62. The molecular formula is C11H7ClN4. The van der Waals surface area contributed by atoms with Crippen LogP contribution in [0.4, 0.5) is 0 Å². The van der Waals surface area contributed by atoms with E-state index in [0.29, 0.717) is 0 Å². The highest BCUT2D eigenvalue weighted by Gasteiger charge is 2.05. The van der Waals surface area contributed by atoms with Crippen LogP contribution in [0.1, 0.15) is 0 Å². The molecule has 0 radical (unpaired) electrons. The fraction of sp³-hybridized carbons (Fsp3) is 0. The van der Waals surface area contributed by atoms with Crippen LogP contribution in [0.25, 0.3) is 16.9 Å². The van der Waals surface area contributed by atoms with Gasteiger partial charge in [0.2, 0.25) is 5.28 Å². The van der Waals surface area contributed by atoms with Gasteiger partial charge in [-0.05, 0) is 35.9 Å². The minimum atomic E-state index is 0.231. The lowest BCUT2D eigenvalue weighted by atomic mass is 10.3. The summed E-state index contributed by atoms with van der Waals surface area (Å²) in [5.74, 6) is 0. The van der Waals surface area contributed by atoms with Crippen LogP contribution in [-0.4, -0.2) is 19.6 Å². The lowest BCUT2D eigenvalue weighted by Gasteiger charge is -1.94. The maximum atomic E-state index is 5.74. The molecule has 5 heteroatoms. The molecule has 0 bridgehead atoms. The number of nitrogens with zero attached hydrogens (tertiary/aromatic N) is 4. The van der Waals surface area contributed by atoms with E-state index in [2.05, 4.69) is 15.1 Å². The number of aromatic nitrogens is 4. The highest BCUT2D eigenvalue weighted by molar-refractivity contribution is 6.28. The third kappa shape index (κ3) is 1.53. The fourth-order valence-electron chi connectivity index (χ4n) is 1.54. The van der Waals surface area contributed by atoms with Crippen LogP contribution in [0.3, 0.4) is 0 Å². The highest BCUT2D eigenvalue weighted by Crippen LogP contribution is 2.17. The molecule has 0 saturated carbocycles. The second kappa shape index (κ2) is 3.57. The van der Waals surface area contributed by atoms with E-state index in [-0.39, 0.29) is 5.28 Å². The van der Waals surface area contributed by atoms with Crippen molar-refractivity contribution in [3.8, 4) is 11.4 Å². The summed E-state index contributed by atoms with van der Waals surface area (Å²) in [6.07, 6.45) is 3.51. The predicted octanol–water partition coefficient (Wildman–Crippen LogP) is 2.44. The molecule has 0 aliphatic heterocycles. The predicted molar refractivity (Wildman–Crippen MR) is 61.2 cm³/mol. The van der Waals surface area contributed by atoms with Crippen LogP contribution in [0.2, 0.25) is 5.28 Å². The first-order valence-electron chi connectivity index (χ1n) is 4.76. The molecule has 4 nitrogen and oxygen atoms in total. The lowest BCUT2D eigenvalue weighted by molar-refractivity contribution is 0.960. The maximum absolute atomic E-state index is 5.74. The fourth-order valence-corrected chi connectivity index (χ4v) is 1.69. The van der Waals surface area contributed by atoms with Gasteiger partial charge in [-0.1, -0.05) is 6.07 Å². The molecule has 0 N–H and O–H groups in total. The van der Waals surface area contributed by atoms with Crippen molar-refractivity contribution in [2.45, 2.75) is 0 Å². The quantitative estimate of drug-likeness (QED) is 0.603. The second-order valence-electron chi connectivity index (χ2n) is 3.31. The van der Waals surface area contributed by atoms with Crippen molar-refractivity contribution < 1.29 is 0 Å². The topological polar surface area (TPSA) is 43.1 Å². The van der Waals surface area contributed by atoms with Crippen molar-refractivity contribution in [1.29, 1.82) is 0 Å². The zero-order chi connectivity index (χ0) is 11.0. The van der Waals surface area contributed by atoms with Gasteiger partial charge in [-0.15, -0.1) is 0 Å². The van der Waals surface area contributed by atoms with Crippen molar-refractivity contribution in [2.24, 2.45) is 0 Å². The summed E-state index contributed by atoms with van der Waals surface area (Å²) in [5.41, 5.74) is 2.53. The van der Waals surface area contributed by atoms with Crippen molar-refractivity contribution in [3.63, 3.8) is 0 Å². The van der Waals surface area contributed by atoms with E-state index in [4.69, 9.17) is 11.6 Å².